The number of alkyl halides is 3. The number of carbonyl (C=O) groups excluding carboxylic acids is 1. The number of aromatic nitrogens is 2. The second-order valence-corrected chi connectivity index (χ2v) is 7.47. The number of hydrogen-bond donors (Lipinski definition) is 0. The van der Waals surface area contributed by atoms with Crippen LogP contribution in [0.5, 0.6) is 0 Å². The summed E-state index contributed by atoms with van der Waals surface area (Å²) in [5, 5.41) is 12.8. The normalized spacial score (nSPS) is 11.7. The number of carbonyl (C=O) groups is 1. The zero-order valence-electron chi connectivity index (χ0n) is 16.8. The van der Waals surface area contributed by atoms with Crippen molar-refractivity contribution in [2.45, 2.75) is 11.4 Å². The van der Waals surface area contributed by atoms with Gasteiger partial charge in [0.15, 0.2) is 5.76 Å². The highest BCUT2D eigenvalue weighted by Crippen LogP contribution is 2.32. The van der Waals surface area contributed by atoms with Crippen LogP contribution in [0.3, 0.4) is 0 Å². The van der Waals surface area contributed by atoms with Crippen molar-refractivity contribution < 1.29 is 26.8 Å². The van der Waals surface area contributed by atoms with Gasteiger partial charge in [0.25, 0.3) is 17.0 Å². The van der Waals surface area contributed by atoms with E-state index in [0.29, 0.717) is 11.3 Å². The second kappa shape index (κ2) is 9.74. The Morgan fingerprint density at radius 1 is 1.06 bits per heavy atom. The van der Waals surface area contributed by atoms with Gasteiger partial charge in [0, 0.05) is 0 Å². The Kier molecular flexibility index (Phi) is 6.59. The minimum Gasteiger partial charge on any atom is -0.459 e. The number of thioether (sulfide) groups is 1. The highest BCUT2D eigenvalue weighted by atomic mass is 32.2. The van der Waals surface area contributed by atoms with Crippen LogP contribution in [0.15, 0.2) is 92.2 Å². The van der Waals surface area contributed by atoms with Gasteiger partial charge in [0.05, 0.1) is 29.5 Å². The van der Waals surface area contributed by atoms with Gasteiger partial charge in [0.2, 0.25) is 0 Å². The van der Waals surface area contributed by atoms with Crippen LogP contribution in [0.2, 0.25) is 0 Å². The summed E-state index contributed by atoms with van der Waals surface area (Å²) in [6.07, 6.45) is -1.72. The Morgan fingerprint density at radius 3 is 2.61 bits per heavy atom. The molecule has 0 N–H and O–H groups in total. The maximum Gasteiger partial charge on any atom is 0.416 e. The standard InChI is InChI=1S/C22H15F3N4O3S/c23-22(24,25)16-8-4-9-17(12-16)29(26-13-15-6-2-1-3-7-15)19(30)14-33-21-28-27-20(32-21)18-10-5-11-31-18/h1-13H,14H2/b26-13-. The van der Waals surface area contributed by atoms with E-state index in [2.05, 4.69) is 15.3 Å². The first-order valence-electron chi connectivity index (χ1n) is 9.49. The molecule has 1 amide bonds. The molecule has 0 aliphatic heterocycles. The Hall–Kier alpha value is -3.86. The maximum absolute atomic E-state index is 13.2. The van der Waals surface area contributed by atoms with Crippen LogP contribution in [0.4, 0.5) is 18.9 Å². The number of amides is 1. The summed E-state index contributed by atoms with van der Waals surface area (Å²) < 4.78 is 50.2. The first-order chi connectivity index (χ1) is 15.9. The summed E-state index contributed by atoms with van der Waals surface area (Å²) >= 11 is 0.932. The number of nitrogens with zero attached hydrogens (tertiary/aromatic N) is 4. The topological polar surface area (TPSA) is 84.7 Å². The molecule has 0 unspecified atom stereocenters. The number of benzene rings is 2. The highest BCUT2D eigenvalue weighted by molar-refractivity contribution is 7.99. The van der Waals surface area contributed by atoms with Crippen LogP contribution in [0.25, 0.3) is 11.7 Å². The summed E-state index contributed by atoms with van der Waals surface area (Å²) in [6.45, 7) is 0. The molecule has 0 radical (unpaired) electrons. The number of hydrazone groups is 1. The van der Waals surface area contributed by atoms with Gasteiger partial charge in [-0.1, -0.05) is 48.2 Å². The van der Waals surface area contributed by atoms with E-state index in [4.69, 9.17) is 8.83 Å². The molecule has 7 nitrogen and oxygen atoms in total. The van der Waals surface area contributed by atoms with Gasteiger partial charge in [-0.15, -0.1) is 10.2 Å². The van der Waals surface area contributed by atoms with Gasteiger partial charge in [-0.05, 0) is 35.9 Å². The highest BCUT2D eigenvalue weighted by Gasteiger charge is 2.31. The Balaban J connectivity index is 1.55. The molecule has 4 rings (SSSR count). The van der Waals surface area contributed by atoms with Crippen molar-refractivity contribution in [2.24, 2.45) is 5.10 Å². The molecule has 0 aliphatic rings. The lowest BCUT2D eigenvalue weighted by atomic mass is 10.2. The third-order valence-electron chi connectivity index (χ3n) is 4.23. The van der Waals surface area contributed by atoms with Crippen LogP contribution in [0.1, 0.15) is 11.1 Å². The van der Waals surface area contributed by atoms with E-state index >= 15 is 0 Å². The summed E-state index contributed by atoms with van der Waals surface area (Å²) in [5.41, 5.74) is -0.236. The average molecular weight is 472 g/mol. The minimum atomic E-state index is -4.56. The number of rotatable bonds is 7. The number of furan rings is 1. The van der Waals surface area contributed by atoms with Gasteiger partial charge >= 0.3 is 6.18 Å². The van der Waals surface area contributed by atoms with Crippen LogP contribution < -0.4 is 5.01 Å². The smallest absolute Gasteiger partial charge is 0.416 e. The number of halogens is 3. The molecule has 168 valence electrons. The molecule has 2 aromatic heterocycles. The molecule has 0 aliphatic carbocycles. The van der Waals surface area contributed by atoms with Gasteiger partial charge in [-0.2, -0.15) is 18.3 Å². The molecule has 0 saturated heterocycles. The van der Waals surface area contributed by atoms with Crippen molar-refractivity contribution in [1.29, 1.82) is 0 Å². The van der Waals surface area contributed by atoms with Crippen molar-refractivity contribution in [3.05, 3.63) is 84.1 Å². The van der Waals surface area contributed by atoms with Gasteiger partial charge in [-0.25, -0.2) is 5.01 Å². The number of hydrogen-bond acceptors (Lipinski definition) is 7. The first kappa shape index (κ1) is 22.3. The van der Waals surface area contributed by atoms with Gasteiger partial charge in [-0.3, -0.25) is 4.79 Å². The van der Waals surface area contributed by atoms with E-state index in [1.165, 1.54) is 24.6 Å². The Labute approximate surface area is 189 Å². The fourth-order valence-electron chi connectivity index (χ4n) is 2.71. The van der Waals surface area contributed by atoms with Crippen LogP contribution >= 0.6 is 11.8 Å². The lowest BCUT2D eigenvalue weighted by molar-refractivity contribution is -0.137. The summed E-state index contributed by atoms with van der Waals surface area (Å²) in [5.74, 6) is -0.267. The predicted octanol–water partition coefficient (Wildman–Crippen LogP) is 5.51. The SMILES string of the molecule is O=C(CSc1nnc(-c2ccco2)o1)N(/N=C\c1ccccc1)c1cccc(C(F)(F)F)c1. The van der Waals surface area contributed by atoms with Gasteiger partial charge < -0.3 is 8.83 Å². The largest absolute Gasteiger partial charge is 0.459 e. The van der Waals surface area contributed by atoms with Crippen molar-refractivity contribution in [3.8, 4) is 11.7 Å². The number of anilines is 1. The van der Waals surface area contributed by atoms with E-state index in [1.54, 1.807) is 36.4 Å². The van der Waals surface area contributed by atoms with E-state index < -0.39 is 17.6 Å². The van der Waals surface area contributed by atoms with E-state index in [-0.39, 0.29) is 22.6 Å². The quantitative estimate of drug-likeness (QED) is 0.200. The minimum absolute atomic E-state index is 0.0237. The third-order valence-corrected chi connectivity index (χ3v) is 5.04. The zero-order valence-corrected chi connectivity index (χ0v) is 17.6. The van der Waals surface area contributed by atoms with Crippen molar-refractivity contribution in [1.82, 2.24) is 10.2 Å². The first-order valence-corrected chi connectivity index (χ1v) is 10.5. The summed E-state index contributed by atoms with van der Waals surface area (Å²) in [7, 11) is 0. The molecule has 0 saturated carbocycles. The van der Waals surface area contributed by atoms with Crippen molar-refractivity contribution >= 4 is 29.6 Å². The molecule has 0 atom stereocenters. The third kappa shape index (κ3) is 5.69. The maximum atomic E-state index is 13.2. The molecule has 4 aromatic rings. The molecule has 0 fully saturated rings. The average Bonchev–Trinajstić information content (AvgIpc) is 3.50. The molecule has 33 heavy (non-hydrogen) atoms. The Bertz CT molecular complexity index is 1240. The molecule has 11 heteroatoms. The van der Waals surface area contributed by atoms with E-state index in [0.717, 1.165) is 28.9 Å². The van der Waals surface area contributed by atoms with Crippen LogP contribution in [-0.4, -0.2) is 28.1 Å². The molecule has 0 spiro atoms. The predicted molar refractivity (Wildman–Crippen MR) is 116 cm³/mol. The summed E-state index contributed by atoms with van der Waals surface area (Å²) in [6, 6.07) is 16.6. The molecular weight excluding hydrogens is 457 g/mol. The lowest BCUT2D eigenvalue weighted by Crippen LogP contribution is -2.27. The van der Waals surface area contributed by atoms with Crippen molar-refractivity contribution in [3.63, 3.8) is 0 Å². The molecule has 2 aromatic carbocycles. The molecule has 2 heterocycles. The van der Waals surface area contributed by atoms with Crippen molar-refractivity contribution in [2.75, 3.05) is 10.8 Å². The fourth-order valence-corrected chi connectivity index (χ4v) is 3.31. The monoisotopic (exact) mass is 472 g/mol. The van der Waals surface area contributed by atoms with Gasteiger partial charge in [0.1, 0.15) is 0 Å². The molecular formula is C22H15F3N4O3S. The zero-order chi connectivity index (χ0) is 23.3. The fraction of sp³-hybridized carbons (Fsp3) is 0.0909. The summed E-state index contributed by atoms with van der Waals surface area (Å²) in [4.78, 5) is 12.9. The second-order valence-electron chi connectivity index (χ2n) is 6.55. The van der Waals surface area contributed by atoms with Crippen LogP contribution in [-0.2, 0) is 11.0 Å². The van der Waals surface area contributed by atoms with E-state index in [9.17, 15) is 18.0 Å². The van der Waals surface area contributed by atoms with E-state index in [1.807, 2.05) is 6.07 Å². The molecule has 0 bridgehead atoms. The lowest BCUT2D eigenvalue weighted by Gasteiger charge is -2.18. The Morgan fingerprint density at radius 2 is 1.88 bits per heavy atom. The van der Waals surface area contributed by atoms with Crippen LogP contribution in [0, 0.1) is 0 Å².